The lowest BCUT2D eigenvalue weighted by Gasteiger charge is -2.12. The second-order valence-electron chi connectivity index (χ2n) is 4.08. The molecule has 0 saturated heterocycles. The summed E-state index contributed by atoms with van der Waals surface area (Å²) < 4.78 is 1.06. The summed E-state index contributed by atoms with van der Waals surface area (Å²) in [6.07, 6.45) is 3.64. The minimum Gasteiger partial charge on any atom is -0.327 e. The lowest BCUT2D eigenvalue weighted by Crippen LogP contribution is -2.31. The minimum atomic E-state index is 0.0981. The van der Waals surface area contributed by atoms with Gasteiger partial charge in [0, 0.05) is 33.1 Å². The Morgan fingerprint density at radius 1 is 1.60 bits per heavy atom. The van der Waals surface area contributed by atoms with Gasteiger partial charge in [-0.05, 0) is 34.8 Å². The third-order valence-corrected chi connectivity index (χ3v) is 4.65. The standard InChI is InChI=1S/C11H14BrNOS/c12-7-4-8(15-6-7)5-11(14)9-2-1-3-10(9)13/h4,6,9-10H,1-3,5,13H2. The molecule has 1 fully saturated rings. The third kappa shape index (κ3) is 2.68. The molecule has 1 saturated carbocycles. The van der Waals surface area contributed by atoms with Crippen molar-refractivity contribution in [1.82, 2.24) is 0 Å². The Morgan fingerprint density at radius 2 is 2.40 bits per heavy atom. The summed E-state index contributed by atoms with van der Waals surface area (Å²) in [4.78, 5) is 13.1. The van der Waals surface area contributed by atoms with Crippen molar-refractivity contribution in [3.8, 4) is 0 Å². The van der Waals surface area contributed by atoms with Crippen molar-refractivity contribution in [2.75, 3.05) is 0 Å². The number of halogens is 1. The first-order chi connectivity index (χ1) is 7.16. The Kier molecular flexibility index (Phi) is 3.59. The number of hydrogen-bond acceptors (Lipinski definition) is 3. The SMILES string of the molecule is NC1CCCC1C(=O)Cc1cc(Br)cs1. The number of hydrogen-bond donors (Lipinski definition) is 1. The molecule has 2 N–H and O–H groups in total. The van der Waals surface area contributed by atoms with E-state index < -0.39 is 0 Å². The van der Waals surface area contributed by atoms with Crippen molar-refractivity contribution in [2.24, 2.45) is 11.7 Å². The van der Waals surface area contributed by atoms with Gasteiger partial charge in [0.05, 0.1) is 0 Å². The van der Waals surface area contributed by atoms with Crippen LogP contribution in [0, 0.1) is 5.92 Å². The highest BCUT2D eigenvalue weighted by Gasteiger charge is 2.29. The summed E-state index contributed by atoms with van der Waals surface area (Å²) in [5.74, 6) is 0.417. The van der Waals surface area contributed by atoms with Gasteiger partial charge in [0.2, 0.25) is 0 Å². The summed E-state index contributed by atoms with van der Waals surface area (Å²) in [5, 5.41) is 2.01. The van der Waals surface area contributed by atoms with Crippen molar-refractivity contribution >= 4 is 33.0 Å². The van der Waals surface area contributed by atoms with Gasteiger partial charge in [-0.3, -0.25) is 4.79 Å². The largest absolute Gasteiger partial charge is 0.327 e. The molecule has 2 atom stereocenters. The van der Waals surface area contributed by atoms with Crippen molar-refractivity contribution < 1.29 is 4.79 Å². The number of rotatable bonds is 3. The van der Waals surface area contributed by atoms with Gasteiger partial charge in [-0.2, -0.15) is 0 Å². The van der Waals surface area contributed by atoms with Crippen LogP contribution in [0.25, 0.3) is 0 Å². The zero-order valence-corrected chi connectivity index (χ0v) is 10.8. The van der Waals surface area contributed by atoms with E-state index >= 15 is 0 Å². The maximum Gasteiger partial charge on any atom is 0.142 e. The van der Waals surface area contributed by atoms with Crippen LogP contribution in [-0.4, -0.2) is 11.8 Å². The van der Waals surface area contributed by atoms with Gasteiger partial charge < -0.3 is 5.73 Å². The Bertz CT molecular complexity index is 363. The minimum absolute atomic E-state index is 0.0981. The molecular formula is C11H14BrNOS. The molecule has 0 spiro atoms. The molecule has 0 amide bonds. The van der Waals surface area contributed by atoms with E-state index in [4.69, 9.17) is 5.73 Å². The number of carbonyl (C=O) groups excluding carboxylic acids is 1. The zero-order valence-electron chi connectivity index (χ0n) is 8.41. The smallest absolute Gasteiger partial charge is 0.142 e. The van der Waals surface area contributed by atoms with Gasteiger partial charge in [-0.15, -0.1) is 11.3 Å². The van der Waals surface area contributed by atoms with Gasteiger partial charge >= 0.3 is 0 Å². The van der Waals surface area contributed by atoms with Crippen molar-refractivity contribution in [3.05, 3.63) is 20.8 Å². The van der Waals surface area contributed by atoms with E-state index in [0.717, 1.165) is 28.6 Å². The average molecular weight is 288 g/mol. The number of ketones is 1. The van der Waals surface area contributed by atoms with E-state index in [1.165, 1.54) is 0 Å². The second kappa shape index (κ2) is 4.76. The Labute approximate surface area is 102 Å². The highest BCUT2D eigenvalue weighted by molar-refractivity contribution is 9.10. The van der Waals surface area contributed by atoms with Crippen molar-refractivity contribution in [2.45, 2.75) is 31.7 Å². The Morgan fingerprint density at radius 3 is 2.93 bits per heavy atom. The lowest BCUT2D eigenvalue weighted by atomic mass is 9.96. The molecule has 1 aliphatic carbocycles. The fourth-order valence-corrected chi connectivity index (χ4v) is 3.60. The van der Waals surface area contributed by atoms with Crippen LogP contribution in [0.4, 0.5) is 0 Å². The molecule has 1 heterocycles. The first kappa shape index (κ1) is 11.3. The molecule has 1 aromatic rings. The van der Waals surface area contributed by atoms with Crippen LogP contribution in [0.1, 0.15) is 24.1 Å². The number of nitrogens with two attached hydrogens (primary N) is 1. The summed E-state index contributed by atoms with van der Waals surface area (Å²) in [6, 6.07) is 2.11. The van der Waals surface area contributed by atoms with Crippen LogP contribution >= 0.6 is 27.3 Å². The lowest BCUT2D eigenvalue weighted by molar-refractivity contribution is -0.122. The van der Waals surface area contributed by atoms with Gasteiger partial charge in [0.15, 0.2) is 0 Å². The van der Waals surface area contributed by atoms with Crippen LogP contribution < -0.4 is 5.73 Å². The van der Waals surface area contributed by atoms with Crippen LogP contribution in [0.3, 0.4) is 0 Å². The van der Waals surface area contributed by atoms with E-state index in [2.05, 4.69) is 15.9 Å². The fraction of sp³-hybridized carbons (Fsp3) is 0.545. The maximum atomic E-state index is 11.9. The Balaban J connectivity index is 1.97. The summed E-state index contributed by atoms with van der Waals surface area (Å²) >= 11 is 5.02. The third-order valence-electron chi connectivity index (χ3n) is 2.95. The van der Waals surface area contributed by atoms with Crippen molar-refractivity contribution in [3.63, 3.8) is 0 Å². The quantitative estimate of drug-likeness (QED) is 0.929. The van der Waals surface area contributed by atoms with Crippen LogP contribution in [0.15, 0.2) is 15.9 Å². The molecule has 4 heteroatoms. The molecule has 82 valence electrons. The average Bonchev–Trinajstić information content (AvgIpc) is 2.75. The van der Waals surface area contributed by atoms with Crippen LogP contribution in [0.2, 0.25) is 0 Å². The van der Waals surface area contributed by atoms with Crippen LogP contribution in [-0.2, 0) is 11.2 Å². The summed E-state index contributed by atoms with van der Waals surface area (Å²) in [6.45, 7) is 0. The van der Waals surface area contributed by atoms with Crippen LogP contribution in [0.5, 0.6) is 0 Å². The molecule has 0 aliphatic heterocycles. The molecule has 0 radical (unpaired) electrons. The van der Waals surface area contributed by atoms with E-state index in [-0.39, 0.29) is 12.0 Å². The highest BCUT2D eigenvalue weighted by Crippen LogP contribution is 2.27. The maximum absolute atomic E-state index is 11.9. The second-order valence-corrected chi connectivity index (χ2v) is 5.99. The fourth-order valence-electron chi connectivity index (χ4n) is 2.14. The molecule has 0 aromatic carbocycles. The predicted octanol–water partition coefficient (Wildman–Crippen LogP) is 2.75. The first-order valence-electron chi connectivity index (χ1n) is 5.18. The molecule has 2 nitrogen and oxygen atoms in total. The summed E-state index contributed by atoms with van der Waals surface area (Å²) in [7, 11) is 0. The van der Waals surface area contributed by atoms with E-state index in [9.17, 15) is 4.79 Å². The predicted molar refractivity (Wildman–Crippen MR) is 66.0 cm³/mol. The number of Topliss-reactive ketones (excluding diaryl/α,β-unsaturated/α-hetero) is 1. The van der Waals surface area contributed by atoms with Gasteiger partial charge in [0.25, 0.3) is 0 Å². The molecule has 15 heavy (non-hydrogen) atoms. The van der Waals surface area contributed by atoms with E-state index in [0.29, 0.717) is 12.2 Å². The topological polar surface area (TPSA) is 43.1 Å². The molecule has 1 aromatic heterocycles. The highest BCUT2D eigenvalue weighted by atomic mass is 79.9. The number of carbonyl (C=O) groups is 1. The monoisotopic (exact) mass is 287 g/mol. The van der Waals surface area contributed by atoms with Gasteiger partial charge in [-0.25, -0.2) is 0 Å². The molecule has 2 rings (SSSR count). The molecule has 0 bridgehead atoms. The molecule has 2 unspecified atom stereocenters. The van der Waals surface area contributed by atoms with E-state index in [1.807, 2.05) is 11.4 Å². The molecular weight excluding hydrogens is 274 g/mol. The van der Waals surface area contributed by atoms with E-state index in [1.54, 1.807) is 11.3 Å². The molecule has 1 aliphatic rings. The van der Waals surface area contributed by atoms with Gasteiger partial charge in [0.1, 0.15) is 5.78 Å². The zero-order chi connectivity index (χ0) is 10.8. The van der Waals surface area contributed by atoms with Gasteiger partial charge in [-0.1, -0.05) is 6.42 Å². The first-order valence-corrected chi connectivity index (χ1v) is 6.85. The normalized spacial score (nSPS) is 25.7. The Hall–Kier alpha value is -0.190. The van der Waals surface area contributed by atoms with Crippen molar-refractivity contribution in [1.29, 1.82) is 0 Å². The number of thiophene rings is 1. The summed E-state index contributed by atoms with van der Waals surface area (Å²) in [5.41, 5.74) is 5.91.